The van der Waals surface area contributed by atoms with Crippen LogP contribution in [0.3, 0.4) is 0 Å². The van der Waals surface area contributed by atoms with Crippen molar-refractivity contribution in [3.8, 4) is 11.1 Å². The summed E-state index contributed by atoms with van der Waals surface area (Å²) in [7, 11) is 1.34. The van der Waals surface area contributed by atoms with Crippen LogP contribution in [0.5, 0.6) is 0 Å². The number of benzene rings is 2. The number of rotatable bonds is 8. The van der Waals surface area contributed by atoms with E-state index in [1.54, 1.807) is 11.8 Å². The summed E-state index contributed by atoms with van der Waals surface area (Å²) in [5, 5.41) is 2.86. The van der Waals surface area contributed by atoms with Crippen LogP contribution in [0.25, 0.3) is 11.1 Å². The largest absolute Gasteiger partial charge is 0.467 e. The van der Waals surface area contributed by atoms with Gasteiger partial charge in [0.05, 0.1) is 7.11 Å². The van der Waals surface area contributed by atoms with Crippen molar-refractivity contribution >= 4 is 23.6 Å². The highest BCUT2D eigenvalue weighted by Crippen LogP contribution is 2.29. The van der Waals surface area contributed by atoms with Gasteiger partial charge >= 0.3 is 5.97 Å². The van der Waals surface area contributed by atoms with Crippen LogP contribution in [0.4, 0.5) is 0 Å². The van der Waals surface area contributed by atoms with Crippen molar-refractivity contribution in [3.63, 3.8) is 0 Å². The SMILES string of the molecule is CCc1ccccc1-c1cc(C)ccc1C(=O)NC(CCSC)C(=O)OC. The van der Waals surface area contributed by atoms with Crippen LogP contribution in [-0.4, -0.2) is 37.0 Å². The maximum absolute atomic E-state index is 13.0. The molecule has 0 aromatic heterocycles. The van der Waals surface area contributed by atoms with E-state index in [2.05, 4.69) is 18.3 Å². The molecule has 0 fully saturated rings. The second kappa shape index (κ2) is 10.2. The van der Waals surface area contributed by atoms with Gasteiger partial charge in [-0.15, -0.1) is 0 Å². The van der Waals surface area contributed by atoms with Crippen molar-refractivity contribution in [2.75, 3.05) is 19.1 Å². The maximum Gasteiger partial charge on any atom is 0.328 e. The summed E-state index contributed by atoms with van der Waals surface area (Å²) in [6.07, 6.45) is 3.38. The number of amides is 1. The summed E-state index contributed by atoms with van der Waals surface area (Å²) < 4.78 is 4.85. The Morgan fingerprint density at radius 1 is 1.15 bits per heavy atom. The first-order chi connectivity index (χ1) is 13.0. The molecule has 1 N–H and O–H groups in total. The van der Waals surface area contributed by atoms with Gasteiger partial charge in [-0.2, -0.15) is 11.8 Å². The molecule has 4 nitrogen and oxygen atoms in total. The average Bonchev–Trinajstić information content (AvgIpc) is 2.70. The van der Waals surface area contributed by atoms with E-state index in [-0.39, 0.29) is 5.91 Å². The number of esters is 1. The summed E-state index contributed by atoms with van der Waals surface area (Å²) in [6, 6.07) is 13.2. The average molecular weight is 386 g/mol. The van der Waals surface area contributed by atoms with Gasteiger partial charge in [-0.05, 0) is 54.5 Å². The summed E-state index contributed by atoms with van der Waals surface area (Å²) in [6.45, 7) is 4.11. The van der Waals surface area contributed by atoms with Gasteiger partial charge in [0.1, 0.15) is 6.04 Å². The van der Waals surface area contributed by atoms with Crippen LogP contribution in [-0.2, 0) is 16.0 Å². The van der Waals surface area contributed by atoms with Crippen LogP contribution < -0.4 is 5.32 Å². The third kappa shape index (κ3) is 5.36. The molecule has 0 bridgehead atoms. The van der Waals surface area contributed by atoms with Gasteiger partial charge < -0.3 is 10.1 Å². The third-order valence-electron chi connectivity index (χ3n) is 4.51. The van der Waals surface area contributed by atoms with Crippen LogP contribution in [0, 0.1) is 6.92 Å². The molecule has 144 valence electrons. The van der Waals surface area contributed by atoms with E-state index in [4.69, 9.17) is 4.74 Å². The molecular formula is C22H27NO3S. The van der Waals surface area contributed by atoms with Crippen molar-refractivity contribution in [2.24, 2.45) is 0 Å². The molecule has 0 aliphatic rings. The van der Waals surface area contributed by atoms with Crippen LogP contribution in [0.2, 0.25) is 0 Å². The molecule has 1 atom stereocenters. The highest BCUT2D eigenvalue weighted by molar-refractivity contribution is 7.98. The minimum absolute atomic E-state index is 0.257. The summed E-state index contributed by atoms with van der Waals surface area (Å²) in [5.74, 6) is 0.0897. The lowest BCUT2D eigenvalue weighted by Crippen LogP contribution is -2.42. The number of hydrogen-bond donors (Lipinski definition) is 1. The number of thioether (sulfide) groups is 1. The zero-order valence-corrected chi connectivity index (χ0v) is 17.2. The van der Waals surface area contributed by atoms with Crippen LogP contribution >= 0.6 is 11.8 Å². The molecule has 0 saturated carbocycles. The Hall–Kier alpha value is -2.27. The van der Waals surface area contributed by atoms with Crippen LogP contribution in [0.15, 0.2) is 42.5 Å². The summed E-state index contributed by atoms with van der Waals surface area (Å²) in [5.41, 5.74) is 4.77. The molecule has 27 heavy (non-hydrogen) atoms. The maximum atomic E-state index is 13.0. The fourth-order valence-corrected chi connectivity index (χ4v) is 3.50. The minimum Gasteiger partial charge on any atom is -0.467 e. The highest BCUT2D eigenvalue weighted by atomic mass is 32.2. The van der Waals surface area contributed by atoms with E-state index in [9.17, 15) is 9.59 Å². The Morgan fingerprint density at radius 3 is 2.56 bits per heavy atom. The number of carbonyl (C=O) groups is 2. The first-order valence-electron chi connectivity index (χ1n) is 9.08. The van der Waals surface area contributed by atoms with Gasteiger partial charge in [0.25, 0.3) is 5.91 Å². The standard InChI is InChI=1S/C22H27NO3S/c1-5-16-8-6-7-9-17(16)19-14-15(2)10-11-18(19)21(24)23-20(12-13-27-4)22(25)26-3/h6-11,14,20H,5,12-13H2,1-4H3,(H,23,24). The van der Waals surface area contributed by atoms with Gasteiger partial charge in [-0.1, -0.05) is 48.9 Å². The zero-order chi connectivity index (χ0) is 19.8. The second-order valence-electron chi connectivity index (χ2n) is 6.39. The number of aryl methyl sites for hydroxylation is 2. The van der Waals surface area contributed by atoms with Crippen molar-refractivity contribution in [1.82, 2.24) is 5.32 Å². The van der Waals surface area contributed by atoms with Crippen molar-refractivity contribution in [1.29, 1.82) is 0 Å². The summed E-state index contributed by atoms with van der Waals surface area (Å²) in [4.78, 5) is 25.1. The number of ether oxygens (including phenoxy) is 1. The zero-order valence-electron chi connectivity index (χ0n) is 16.4. The van der Waals surface area contributed by atoms with Gasteiger partial charge in [-0.25, -0.2) is 4.79 Å². The van der Waals surface area contributed by atoms with Crippen molar-refractivity contribution < 1.29 is 14.3 Å². The van der Waals surface area contributed by atoms with Gasteiger partial charge in [-0.3, -0.25) is 4.79 Å². The fourth-order valence-electron chi connectivity index (χ4n) is 3.03. The van der Waals surface area contributed by atoms with Crippen LogP contribution in [0.1, 0.15) is 34.8 Å². The lowest BCUT2D eigenvalue weighted by Gasteiger charge is -2.18. The predicted octanol–water partition coefficient (Wildman–Crippen LogP) is 4.25. The van der Waals surface area contributed by atoms with E-state index >= 15 is 0 Å². The minimum atomic E-state index is -0.648. The fraction of sp³-hybridized carbons (Fsp3) is 0.364. The normalized spacial score (nSPS) is 11.7. The monoisotopic (exact) mass is 385 g/mol. The number of carbonyl (C=O) groups excluding carboxylic acids is 2. The second-order valence-corrected chi connectivity index (χ2v) is 7.38. The van der Waals surface area contributed by atoms with E-state index in [0.29, 0.717) is 12.0 Å². The first kappa shape index (κ1) is 21.0. The van der Waals surface area contributed by atoms with E-state index in [0.717, 1.165) is 28.9 Å². The van der Waals surface area contributed by atoms with Crippen molar-refractivity contribution in [2.45, 2.75) is 32.7 Å². The van der Waals surface area contributed by atoms with E-state index < -0.39 is 12.0 Å². The third-order valence-corrected chi connectivity index (χ3v) is 5.15. The number of methoxy groups -OCH3 is 1. The topological polar surface area (TPSA) is 55.4 Å². The molecular weight excluding hydrogens is 358 g/mol. The molecule has 2 aromatic rings. The molecule has 0 heterocycles. The predicted molar refractivity (Wildman–Crippen MR) is 112 cm³/mol. The Morgan fingerprint density at radius 2 is 1.89 bits per heavy atom. The molecule has 0 aliphatic heterocycles. The van der Waals surface area contributed by atoms with Gasteiger partial charge in [0, 0.05) is 5.56 Å². The molecule has 0 saturated heterocycles. The quantitative estimate of drug-likeness (QED) is 0.690. The molecule has 5 heteroatoms. The molecule has 0 radical (unpaired) electrons. The van der Waals surface area contributed by atoms with E-state index in [1.807, 2.05) is 49.6 Å². The summed E-state index contributed by atoms with van der Waals surface area (Å²) >= 11 is 1.63. The molecule has 2 aromatic carbocycles. The van der Waals surface area contributed by atoms with Gasteiger partial charge in [0.2, 0.25) is 0 Å². The molecule has 2 rings (SSSR count). The molecule has 0 spiro atoms. The van der Waals surface area contributed by atoms with Gasteiger partial charge in [0.15, 0.2) is 0 Å². The number of nitrogens with one attached hydrogen (secondary N) is 1. The Kier molecular flexibility index (Phi) is 7.92. The molecule has 1 amide bonds. The first-order valence-corrected chi connectivity index (χ1v) is 10.5. The lowest BCUT2D eigenvalue weighted by atomic mass is 9.92. The highest BCUT2D eigenvalue weighted by Gasteiger charge is 2.23. The lowest BCUT2D eigenvalue weighted by molar-refractivity contribution is -0.142. The number of hydrogen-bond acceptors (Lipinski definition) is 4. The molecule has 0 aliphatic carbocycles. The Labute approximate surface area is 165 Å². The van der Waals surface area contributed by atoms with E-state index in [1.165, 1.54) is 12.7 Å². The Bertz CT molecular complexity index is 804. The Balaban J connectivity index is 2.40. The molecule has 1 unspecified atom stereocenters. The van der Waals surface area contributed by atoms with Crippen molar-refractivity contribution in [3.05, 3.63) is 59.2 Å². The smallest absolute Gasteiger partial charge is 0.328 e.